The first kappa shape index (κ1) is 19.0. The molecule has 0 atom stereocenters. The van der Waals surface area contributed by atoms with Crippen LogP contribution >= 0.6 is 23.4 Å². The second-order valence-electron chi connectivity index (χ2n) is 5.92. The molecule has 1 fully saturated rings. The molecule has 3 rings (SSSR count). The van der Waals surface area contributed by atoms with Crippen molar-refractivity contribution in [3.05, 3.63) is 58.9 Å². The van der Waals surface area contributed by atoms with E-state index in [4.69, 9.17) is 16.3 Å². The van der Waals surface area contributed by atoms with Crippen LogP contribution in [0.25, 0.3) is 0 Å². The highest BCUT2D eigenvalue weighted by Crippen LogP contribution is 2.21. The first-order valence-electron chi connectivity index (χ1n) is 8.36. The lowest BCUT2D eigenvalue weighted by molar-refractivity contribution is -0.113. The fourth-order valence-electron chi connectivity index (χ4n) is 2.67. The van der Waals surface area contributed by atoms with Gasteiger partial charge >= 0.3 is 0 Å². The van der Waals surface area contributed by atoms with Crippen molar-refractivity contribution in [3.63, 3.8) is 0 Å². The number of carbonyl (C=O) groups is 1. The largest absolute Gasteiger partial charge is 0.378 e. The maximum absolute atomic E-state index is 13.7. The first-order valence-corrected chi connectivity index (χ1v) is 9.89. The van der Waals surface area contributed by atoms with Gasteiger partial charge in [-0.2, -0.15) is 0 Å². The fraction of sp³-hybridized carbons (Fsp3) is 0.316. The van der Waals surface area contributed by atoms with Crippen molar-refractivity contribution in [1.82, 2.24) is 0 Å². The van der Waals surface area contributed by atoms with Crippen LogP contribution in [0.4, 0.5) is 15.8 Å². The Morgan fingerprint density at radius 2 is 1.92 bits per heavy atom. The molecule has 1 aliphatic rings. The third kappa shape index (κ3) is 5.37. The number of carbonyl (C=O) groups excluding carboxylic acids is 1. The summed E-state index contributed by atoms with van der Waals surface area (Å²) < 4.78 is 19.1. The van der Waals surface area contributed by atoms with Crippen molar-refractivity contribution in [2.45, 2.75) is 5.75 Å². The molecular weight excluding hydrogens is 375 g/mol. The van der Waals surface area contributed by atoms with Gasteiger partial charge in [-0.05, 0) is 42.0 Å². The number of amides is 1. The molecule has 1 amide bonds. The zero-order valence-corrected chi connectivity index (χ0v) is 15.8. The van der Waals surface area contributed by atoms with Crippen LogP contribution in [0.15, 0.2) is 42.5 Å². The SMILES string of the molecule is O=C(CSCc1ccc(Cl)cc1F)Nc1ccc(N2CCOCC2)cc1. The molecule has 4 nitrogen and oxygen atoms in total. The summed E-state index contributed by atoms with van der Waals surface area (Å²) in [5.74, 6) is 0.229. The van der Waals surface area contributed by atoms with Gasteiger partial charge in [-0.1, -0.05) is 17.7 Å². The van der Waals surface area contributed by atoms with Crippen molar-refractivity contribution in [2.75, 3.05) is 42.3 Å². The average Bonchev–Trinajstić information content (AvgIpc) is 2.65. The van der Waals surface area contributed by atoms with Gasteiger partial charge in [-0.3, -0.25) is 4.79 Å². The number of hydrogen-bond acceptors (Lipinski definition) is 4. The van der Waals surface area contributed by atoms with Crippen LogP contribution in [0.2, 0.25) is 5.02 Å². The second kappa shape index (κ2) is 9.26. The van der Waals surface area contributed by atoms with E-state index in [-0.39, 0.29) is 17.5 Å². The Balaban J connectivity index is 1.45. The molecule has 2 aromatic carbocycles. The number of hydrogen-bond donors (Lipinski definition) is 1. The van der Waals surface area contributed by atoms with Gasteiger partial charge in [0.05, 0.1) is 19.0 Å². The van der Waals surface area contributed by atoms with E-state index in [0.29, 0.717) is 16.3 Å². The maximum Gasteiger partial charge on any atom is 0.234 e. The zero-order chi connectivity index (χ0) is 18.4. The molecule has 0 bridgehead atoms. The molecule has 0 aromatic heterocycles. The van der Waals surface area contributed by atoms with E-state index < -0.39 is 0 Å². The summed E-state index contributed by atoms with van der Waals surface area (Å²) in [7, 11) is 0. The van der Waals surface area contributed by atoms with Gasteiger partial charge in [0.1, 0.15) is 5.82 Å². The molecular formula is C19H20ClFN2O2S. The molecule has 0 spiro atoms. The van der Waals surface area contributed by atoms with Gasteiger partial charge < -0.3 is 15.0 Å². The number of nitrogens with one attached hydrogen (secondary N) is 1. The van der Waals surface area contributed by atoms with Crippen LogP contribution in [0.5, 0.6) is 0 Å². The first-order chi connectivity index (χ1) is 12.6. The zero-order valence-electron chi connectivity index (χ0n) is 14.2. The Morgan fingerprint density at radius 1 is 1.19 bits per heavy atom. The Morgan fingerprint density at radius 3 is 2.62 bits per heavy atom. The highest BCUT2D eigenvalue weighted by molar-refractivity contribution is 7.99. The van der Waals surface area contributed by atoms with E-state index in [1.165, 1.54) is 17.8 Å². The smallest absolute Gasteiger partial charge is 0.234 e. The summed E-state index contributed by atoms with van der Waals surface area (Å²) in [5.41, 5.74) is 2.42. The highest BCUT2D eigenvalue weighted by Gasteiger charge is 2.11. The Labute approximate surface area is 161 Å². The summed E-state index contributed by atoms with van der Waals surface area (Å²) in [5, 5.41) is 3.23. The van der Waals surface area contributed by atoms with Crippen molar-refractivity contribution in [1.29, 1.82) is 0 Å². The predicted molar refractivity (Wildman–Crippen MR) is 106 cm³/mol. The lowest BCUT2D eigenvalue weighted by Gasteiger charge is -2.28. The van der Waals surface area contributed by atoms with Gasteiger partial charge in [0.25, 0.3) is 0 Å². The van der Waals surface area contributed by atoms with Crippen LogP contribution in [0.3, 0.4) is 0 Å². The molecule has 26 heavy (non-hydrogen) atoms. The molecule has 1 saturated heterocycles. The van der Waals surface area contributed by atoms with Crippen molar-refractivity contribution < 1.29 is 13.9 Å². The normalized spacial score (nSPS) is 14.3. The number of benzene rings is 2. The Hall–Kier alpha value is -1.76. The Kier molecular flexibility index (Phi) is 6.77. The minimum absolute atomic E-state index is 0.108. The number of ether oxygens (including phenoxy) is 1. The molecule has 0 saturated carbocycles. The molecule has 138 valence electrons. The molecule has 0 aliphatic carbocycles. The van der Waals surface area contributed by atoms with Gasteiger partial charge in [-0.15, -0.1) is 11.8 Å². The van der Waals surface area contributed by atoms with Gasteiger partial charge in [0.15, 0.2) is 0 Å². The standard InChI is InChI=1S/C19H20ClFN2O2S/c20-15-2-1-14(18(21)11-15)12-26-13-19(24)22-16-3-5-17(6-4-16)23-7-9-25-10-8-23/h1-6,11H,7-10,12-13H2,(H,22,24). The third-order valence-corrected chi connectivity index (χ3v) is 5.25. The molecule has 0 unspecified atom stereocenters. The van der Waals surface area contributed by atoms with E-state index in [2.05, 4.69) is 10.2 Å². The summed E-state index contributed by atoms with van der Waals surface area (Å²) in [6.45, 7) is 3.24. The molecule has 1 N–H and O–H groups in total. The van der Waals surface area contributed by atoms with Crippen LogP contribution in [-0.4, -0.2) is 38.0 Å². The second-order valence-corrected chi connectivity index (χ2v) is 7.35. The summed E-state index contributed by atoms with van der Waals surface area (Å²) in [6.07, 6.45) is 0. The number of thioether (sulfide) groups is 1. The third-order valence-electron chi connectivity index (χ3n) is 4.03. The topological polar surface area (TPSA) is 41.6 Å². The van der Waals surface area contributed by atoms with Crippen LogP contribution < -0.4 is 10.2 Å². The molecule has 0 radical (unpaired) electrons. The van der Waals surface area contributed by atoms with Gasteiger partial charge in [0.2, 0.25) is 5.91 Å². The van der Waals surface area contributed by atoms with E-state index >= 15 is 0 Å². The van der Waals surface area contributed by atoms with Crippen LogP contribution in [-0.2, 0) is 15.3 Å². The van der Waals surface area contributed by atoms with Gasteiger partial charge in [0, 0.05) is 35.2 Å². The quantitative estimate of drug-likeness (QED) is 0.797. The molecule has 7 heteroatoms. The predicted octanol–water partition coefficient (Wildman–Crippen LogP) is 4.19. The fourth-order valence-corrected chi connectivity index (χ4v) is 3.64. The minimum Gasteiger partial charge on any atom is -0.378 e. The van der Waals surface area contributed by atoms with Crippen LogP contribution in [0.1, 0.15) is 5.56 Å². The number of anilines is 2. The lowest BCUT2D eigenvalue weighted by atomic mass is 10.2. The van der Waals surface area contributed by atoms with E-state index in [1.807, 2.05) is 24.3 Å². The maximum atomic E-state index is 13.7. The monoisotopic (exact) mass is 394 g/mol. The van der Waals surface area contributed by atoms with Crippen LogP contribution in [0, 0.1) is 5.82 Å². The van der Waals surface area contributed by atoms with Crippen molar-refractivity contribution in [3.8, 4) is 0 Å². The van der Waals surface area contributed by atoms with Crippen molar-refractivity contribution in [2.24, 2.45) is 0 Å². The Bertz CT molecular complexity index is 752. The summed E-state index contributed by atoms with van der Waals surface area (Å²) >= 11 is 7.09. The lowest BCUT2D eigenvalue weighted by Crippen LogP contribution is -2.36. The summed E-state index contributed by atoms with van der Waals surface area (Å²) in [4.78, 5) is 14.3. The number of halogens is 2. The average molecular weight is 395 g/mol. The number of nitrogens with zero attached hydrogens (tertiary/aromatic N) is 1. The minimum atomic E-state index is -0.343. The molecule has 1 aliphatic heterocycles. The number of morpholine rings is 1. The van der Waals surface area contributed by atoms with E-state index in [0.717, 1.165) is 37.7 Å². The van der Waals surface area contributed by atoms with Gasteiger partial charge in [-0.25, -0.2) is 4.39 Å². The summed E-state index contributed by atoms with van der Waals surface area (Å²) in [6, 6.07) is 12.4. The highest BCUT2D eigenvalue weighted by atomic mass is 35.5. The van der Waals surface area contributed by atoms with Crippen molar-refractivity contribution >= 4 is 40.6 Å². The van der Waals surface area contributed by atoms with E-state index in [9.17, 15) is 9.18 Å². The molecule has 2 aromatic rings. The number of rotatable bonds is 6. The van der Waals surface area contributed by atoms with E-state index in [1.54, 1.807) is 12.1 Å². The molecule has 1 heterocycles.